The Morgan fingerprint density at radius 1 is 1.18 bits per heavy atom. The van der Waals surface area contributed by atoms with E-state index in [-0.39, 0.29) is 29.9 Å². The van der Waals surface area contributed by atoms with Gasteiger partial charge in [0.2, 0.25) is 5.91 Å². The van der Waals surface area contributed by atoms with E-state index in [4.69, 9.17) is 14.2 Å². The molecule has 3 aliphatic rings. The van der Waals surface area contributed by atoms with Crippen LogP contribution in [-0.4, -0.2) is 59.2 Å². The van der Waals surface area contributed by atoms with Crippen LogP contribution in [0.25, 0.3) is 0 Å². The van der Waals surface area contributed by atoms with Gasteiger partial charge in [-0.05, 0) is 31.9 Å². The fourth-order valence-corrected chi connectivity index (χ4v) is 4.86. The maximum atomic E-state index is 13.9. The first kappa shape index (κ1) is 21.3. The lowest BCUT2D eigenvalue weighted by Crippen LogP contribution is -2.65. The molecule has 1 N–H and O–H groups in total. The Bertz CT molecular complexity index is 1120. The molecular formula is C23H26N4O6. The van der Waals surface area contributed by atoms with E-state index in [1.807, 2.05) is 0 Å². The van der Waals surface area contributed by atoms with Crippen LogP contribution in [-0.2, 0) is 16.1 Å². The number of carbonyl (C=O) groups is 3. The van der Waals surface area contributed by atoms with Crippen LogP contribution in [0.15, 0.2) is 24.5 Å². The van der Waals surface area contributed by atoms with Gasteiger partial charge in [-0.3, -0.25) is 14.5 Å². The lowest BCUT2D eigenvalue weighted by molar-refractivity contribution is -0.127. The molecule has 2 aromatic rings. The minimum Gasteiger partial charge on any atom is -0.486 e. The van der Waals surface area contributed by atoms with Gasteiger partial charge in [0.15, 0.2) is 17.2 Å². The first-order valence-electron chi connectivity index (χ1n) is 11.1. The van der Waals surface area contributed by atoms with Gasteiger partial charge in [0.1, 0.15) is 24.4 Å². The molecule has 0 spiro atoms. The first-order valence-corrected chi connectivity index (χ1v) is 11.1. The number of esters is 1. The summed E-state index contributed by atoms with van der Waals surface area (Å²) in [7, 11) is 1.24. The molecule has 10 nitrogen and oxygen atoms in total. The number of hydrogen-bond donors (Lipinski definition) is 1. The van der Waals surface area contributed by atoms with Gasteiger partial charge in [-0.25, -0.2) is 9.78 Å². The molecule has 5 rings (SSSR count). The summed E-state index contributed by atoms with van der Waals surface area (Å²) < 4.78 is 17.7. The zero-order valence-corrected chi connectivity index (χ0v) is 18.6. The molecule has 1 aromatic heterocycles. The second-order valence-electron chi connectivity index (χ2n) is 8.76. The molecule has 1 aromatic carbocycles. The summed E-state index contributed by atoms with van der Waals surface area (Å²) in [4.78, 5) is 45.3. The first-order chi connectivity index (χ1) is 15.9. The molecule has 1 saturated carbocycles. The molecule has 1 unspecified atom stereocenters. The maximum Gasteiger partial charge on any atom is 0.359 e. The van der Waals surface area contributed by atoms with E-state index in [0.29, 0.717) is 30.4 Å². The highest BCUT2D eigenvalue weighted by Gasteiger charge is 2.50. The van der Waals surface area contributed by atoms with Gasteiger partial charge in [-0.2, -0.15) is 0 Å². The fraction of sp³-hybridized carbons (Fsp3) is 0.478. The van der Waals surface area contributed by atoms with Crippen molar-refractivity contribution in [3.63, 3.8) is 0 Å². The van der Waals surface area contributed by atoms with Crippen molar-refractivity contribution in [3.05, 3.63) is 35.9 Å². The van der Waals surface area contributed by atoms with Gasteiger partial charge < -0.3 is 24.1 Å². The topological polar surface area (TPSA) is 112 Å². The van der Waals surface area contributed by atoms with Crippen molar-refractivity contribution in [2.45, 2.75) is 50.7 Å². The zero-order valence-electron chi connectivity index (χ0n) is 18.6. The summed E-state index contributed by atoms with van der Waals surface area (Å²) >= 11 is 0. The van der Waals surface area contributed by atoms with E-state index < -0.39 is 17.4 Å². The van der Waals surface area contributed by atoms with Gasteiger partial charge in [0, 0.05) is 17.8 Å². The normalized spacial score (nSPS) is 22.1. The predicted molar refractivity (Wildman–Crippen MR) is 117 cm³/mol. The Kier molecular flexibility index (Phi) is 5.22. The molecule has 0 radical (unpaired) electrons. The van der Waals surface area contributed by atoms with Crippen LogP contribution in [0.1, 0.15) is 53.6 Å². The van der Waals surface area contributed by atoms with Crippen LogP contribution in [0, 0.1) is 0 Å². The molecular weight excluding hydrogens is 428 g/mol. The van der Waals surface area contributed by atoms with Crippen molar-refractivity contribution in [2.75, 3.05) is 25.2 Å². The molecule has 2 amide bonds. The Labute approximate surface area is 190 Å². The number of ether oxygens (including phenoxy) is 3. The summed E-state index contributed by atoms with van der Waals surface area (Å²) in [6, 6.07) is 5.22. The van der Waals surface area contributed by atoms with E-state index in [0.717, 1.165) is 25.7 Å². The Hall–Kier alpha value is -3.56. The molecule has 1 atom stereocenters. The molecule has 0 bridgehead atoms. The van der Waals surface area contributed by atoms with Crippen LogP contribution in [0.5, 0.6) is 11.5 Å². The van der Waals surface area contributed by atoms with Crippen molar-refractivity contribution in [1.82, 2.24) is 14.9 Å². The highest BCUT2D eigenvalue weighted by Crippen LogP contribution is 2.39. The van der Waals surface area contributed by atoms with Gasteiger partial charge in [0.05, 0.1) is 20.0 Å². The monoisotopic (exact) mass is 454 g/mol. The summed E-state index contributed by atoms with van der Waals surface area (Å²) in [5.74, 6) is -0.404. The van der Waals surface area contributed by atoms with E-state index in [1.165, 1.54) is 18.3 Å². The summed E-state index contributed by atoms with van der Waals surface area (Å²) in [5.41, 5.74) is -0.785. The van der Waals surface area contributed by atoms with Crippen molar-refractivity contribution >= 4 is 23.5 Å². The third-order valence-corrected chi connectivity index (χ3v) is 6.56. The number of hydrogen-bond acceptors (Lipinski definition) is 7. The summed E-state index contributed by atoms with van der Waals surface area (Å²) in [6.07, 6.45) is 5.38. The number of rotatable bonds is 4. The third kappa shape index (κ3) is 3.49. The van der Waals surface area contributed by atoms with E-state index in [9.17, 15) is 14.4 Å². The molecule has 2 aliphatic heterocycles. The number of imidazole rings is 1. The predicted octanol–water partition coefficient (Wildman–Crippen LogP) is 1.92. The van der Waals surface area contributed by atoms with Gasteiger partial charge in [0.25, 0.3) is 5.91 Å². The largest absolute Gasteiger partial charge is 0.486 e. The van der Waals surface area contributed by atoms with Crippen molar-refractivity contribution in [2.24, 2.45) is 0 Å². The van der Waals surface area contributed by atoms with E-state index in [2.05, 4.69) is 10.3 Å². The number of methoxy groups -OCH3 is 1. The maximum absolute atomic E-state index is 13.9. The van der Waals surface area contributed by atoms with Gasteiger partial charge in [-0.1, -0.05) is 12.8 Å². The van der Waals surface area contributed by atoms with Gasteiger partial charge >= 0.3 is 5.97 Å². The minimum atomic E-state index is -1.26. The molecule has 1 fully saturated rings. The van der Waals surface area contributed by atoms with Crippen LogP contribution in [0.3, 0.4) is 0 Å². The smallest absolute Gasteiger partial charge is 0.359 e. The number of benzene rings is 1. The van der Waals surface area contributed by atoms with Crippen LogP contribution in [0.4, 0.5) is 5.69 Å². The molecule has 10 heteroatoms. The van der Waals surface area contributed by atoms with Crippen molar-refractivity contribution in [3.8, 4) is 11.5 Å². The van der Waals surface area contributed by atoms with Gasteiger partial charge in [-0.15, -0.1) is 0 Å². The van der Waals surface area contributed by atoms with Crippen LogP contribution >= 0.6 is 0 Å². The fourth-order valence-electron chi connectivity index (χ4n) is 4.86. The molecule has 3 heterocycles. The molecule has 33 heavy (non-hydrogen) atoms. The number of carbonyl (C=O) groups excluding carboxylic acids is 3. The average Bonchev–Trinajstić information content (AvgIpc) is 3.48. The van der Waals surface area contributed by atoms with Crippen LogP contribution < -0.4 is 19.7 Å². The second-order valence-corrected chi connectivity index (χ2v) is 8.76. The highest BCUT2D eigenvalue weighted by atomic mass is 16.6. The number of nitrogens with one attached hydrogen (secondary N) is 1. The van der Waals surface area contributed by atoms with Crippen molar-refractivity contribution in [1.29, 1.82) is 0 Å². The lowest BCUT2D eigenvalue weighted by atomic mass is 9.92. The Morgan fingerprint density at radius 3 is 2.64 bits per heavy atom. The van der Waals surface area contributed by atoms with E-state index >= 15 is 0 Å². The minimum absolute atomic E-state index is 0.0803. The second kappa shape index (κ2) is 8.09. The third-order valence-electron chi connectivity index (χ3n) is 6.56. The zero-order chi connectivity index (χ0) is 23.2. The van der Waals surface area contributed by atoms with E-state index in [1.54, 1.807) is 29.7 Å². The molecule has 174 valence electrons. The lowest BCUT2D eigenvalue weighted by Gasteiger charge is -2.44. The Morgan fingerprint density at radius 2 is 1.91 bits per heavy atom. The van der Waals surface area contributed by atoms with Crippen molar-refractivity contribution < 1.29 is 28.6 Å². The molecule has 0 saturated heterocycles. The standard InChI is InChI=1S/C23H26N4O6/c1-23(22(30)25-14-5-3-4-6-14)12-26-13-24-18(21(29)31-2)19(26)20(28)27(23)15-7-8-16-17(11-15)33-10-9-32-16/h7-8,11,13-14H,3-6,9-10,12H2,1-2H3,(H,25,30). The number of fused-ring (bicyclic) bond motifs is 2. The Balaban J connectivity index is 1.60. The summed E-state index contributed by atoms with van der Waals surface area (Å²) in [5, 5.41) is 3.13. The quantitative estimate of drug-likeness (QED) is 0.703. The number of aromatic nitrogens is 2. The SMILES string of the molecule is COC(=O)c1ncn2c1C(=O)N(c1ccc3c(c1)OCCO3)C(C)(C(=O)NC1CCCC1)C2. The average molecular weight is 454 g/mol. The number of amides is 2. The highest BCUT2D eigenvalue weighted by molar-refractivity contribution is 6.15. The number of nitrogens with zero attached hydrogens (tertiary/aromatic N) is 3. The number of anilines is 1. The van der Waals surface area contributed by atoms with Crippen LogP contribution in [0.2, 0.25) is 0 Å². The summed E-state index contributed by atoms with van der Waals surface area (Å²) in [6.45, 7) is 2.69. The molecule has 1 aliphatic carbocycles.